The van der Waals surface area contributed by atoms with E-state index >= 15 is 0 Å². The van der Waals surface area contributed by atoms with Crippen LogP contribution in [0, 0.1) is 13.8 Å². The smallest absolute Gasteiger partial charge is 0.168 e. The van der Waals surface area contributed by atoms with Gasteiger partial charge in [-0.3, -0.25) is 0 Å². The molecular formula is C16H19N5O. The highest BCUT2D eigenvalue weighted by atomic mass is 16.5. The average molecular weight is 297 g/mol. The summed E-state index contributed by atoms with van der Waals surface area (Å²) in [7, 11) is 1.68. The van der Waals surface area contributed by atoms with E-state index in [0.717, 1.165) is 28.2 Å². The van der Waals surface area contributed by atoms with E-state index in [9.17, 15) is 0 Å². The summed E-state index contributed by atoms with van der Waals surface area (Å²) in [5, 5.41) is 8.89. The maximum absolute atomic E-state index is 5.08. The van der Waals surface area contributed by atoms with Crippen molar-refractivity contribution in [3.63, 3.8) is 0 Å². The van der Waals surface area contributed by atoms with Gasteiger partial charge in [-0.25, -0.2) is 14.6 Å². The van der Waals surface area contributed by atoms with Gasteiger partial charge in [-0.1, -0.05) is 18.2 Å². The van der Waals surface area contributed by atoms with Gasteiger partial charge < -0.3 is 10.1 Å². The molecule has 0 saturated carbocycles. The Balaban J connectivity index is 2.13. The number of methoxy groups -OCH3 is 1. The minimum Gasteiger partial charge on any atom is -0.383 e. The van der Waals surface area contributed by atoms with Crippen LogP contribution in [0.25, 0.3) is 16.7 Å². The highest BCUT2D eigenvalue weighted by molar-refractivity contribution is 5.90. The third-order valence-electron chi connectivity index (χ3n) is 3.41. The van der Waals surface area contributed by atoms with Crippen molar-refractivity contribution in [3.05, 3.63) is 41.9 Å². The van der Waals surface area contributed by atoms with Crippen molar-refractivity contribution in [1.29, 1.82) is 0 Å². The number of benzene rings is 1. The molecule has 2 aromatic heterocycles. The summed E-state index contributed by atoms with van der Waals surface area (Å²) in [6, 6.07) is 10.00. The van der Waals surface area contributed by atoms with Gasteiger partial charge in [-0.2, -0.15) is 5.10 Å². The lowest BCUT2D eigenvalue weighted by Crippen LogP contribution is -2.10. The Morgan fingerprint density at radius 1 is 1.14 bits per heavy atom. The molecule has 0 aliphatic rings. The lowest BCUT2D eigenvalue weighted by atomic mass is 10.3. The van der Waals surface area contributed by atoms with E-state index in [4.69, 9.17) is 4.74 Å². The number of aryl methyl sites for hydroxylation is 2. The molecule has 0 saturated heterocycles. The molecule has 0 unspecified atom stereocenters. The highest BCUT2D eigenvalue weighted by Crippen LogP contribution is 2.26. The number of fused-ring (bicyclic) bond motifs is 1. The van der Waals surface area contributed by atoms with Gasteiger partial charge in [-0.15, -0.1) is 0 Å². The lowest BCUT2D eigenvalue weighted by Gasteiger charge is -2.08. The average Bonchev–Trinajstić information content (AvgIpc) is 2.85. The number of aromatic nitrogens is 4. The largest absolute Gasteiger partial charge is 0.383 e. The van der Waals surface area contributed by atoms with Gasteiger partial charge in [-0.05, 0) is 26.0 Å². The number of hydrogen-bond acceptors (Lipinski definition) is 5. The van der Waals surface area contributed by atoms with Crippen LogP contribution in [0.1, 0.15) is 11.5 Å². The molecule has 0 bridgehead atoms. The molecule has 0 amide bonds. The molecule has 2 heterocycles. The maximum atomic E-state index is 5.08. The van der Waals surface area contributed by atoms with Crippen LogP contribution in [-0.2, 0) is 4.74 Å². The van der Waals surface area contributed by atoms with Crippen LogP contribution in [-0.4, -0.2) is 40.0 Å². The molecule has 6 nitrogen and oxygen atoms in total. The monoisotopic (exact) mass is 297 g/mol. The fourth-order valence-corrected chi connectivity index (χ4v) is 2.44. The van der Waals surface area contributed by atoms with Crippen molar-refractivity contribution < 1.29 is 4.74 Å². The first kappa shape index (κ1) is 14.5. The van der Waals surface area contributed by atoms with Gasteiger partial charge in [0.05, 0.1) is 23.4 Å². The van der Waals surface area contributed by atoms with Crippen LogP contribution in [0.2, 0.25) is 0 Å². The zero-order valence-electron chi connectivity index (χ0n) is 13.0. The van der Waals surface area contributed by atoms with Gasteiger partial charge in [0, 0.05) is 13.7 Å². The second kappa shape index (κ2) is 6.11. The van der Waals surface area contributed by atoms with Crippen molar-refractivity contribution >= 4 is 16.9 Å². The number of ether oxygens (including phenoxy) is 1. The van der Waals surface area contributed by atoms with Crippen molar-refractivity contribution in [2.24, 2.45) is 0 Å². The van der Waals surface area contributed by atoms with Gasteiger partial charge in [0.1, 0.15) is 11.6 Å². The molecule has 1 aromatic carbocycles. The third-order valence-corrected chi connectivity index (χ3v) is 3.41. The number of nitrogens with one attached hydrogen (secondary N) is 1. The van der Waals surface area contributed by atoms with E-state index in [1.54, 1.807) is 7.11 Å². The van der Waals surface area contributed by atoms with Crippen molar-refractivity contribution in [1.82, 2.24) is 19.7 Å². The van der Waals surface area contributed by atoms with Gasteiger partial charge >= 0.3 is 0 Å². The predicted molar refractivity (Wildman–Crippen MR) is 86.5 cm³/mol. The Hall–Kier alpha value is -2.47. The van der Waals surface area contributed by atoms with E-state index in [0.29, 0.717) is 19.0 Å². The molecule has 114 valence electrons. The fourth-order valence-electron chi connectivity index (χ4n) is 2.44. The number of rotatable bonds is 5. The molecule has 3 rings (SSSR count). The van der Waals surface area contributed by atoms with Gasteiger partial charge in [0.25, 0.3) is 0 Å². The maximum Gasteiger partial charge on any atom is 0.168 e. The summed E-state index contributed by atoms with van der Waals surface area (Å²) in [5.74, 6) is 1.52. The Morgan fingerprint density at radius 2 is 1.91 bits per heavy atom. The van der Waals surface area contributed by atoms with E-state index in [-0.39, 0.29) is 0 Å². The van der Waals surface area contributed by atoms with Crippen LogP contribution in [0.4, 0.5) is 5.82 Å². The van der Waals surface area contributed by atoms with E-state index < -0.39 is 0 Å². The SMILES string of the molecule is COCCNc1nc(C)nc2c1c(C)nn2-c1ccccc1. The molecule has 0 spiro atoms. The molecule has 0 aliphatic heterocycles. The molecule has 22 heavy (non-hydrogen) atoms. The summed E-state index contributed by atoms with van der Waals surface area (Å²) >= 11 is 0. The number of anilines is 1. The minimum atomic E-state index is 0.621. The third kappa shape index (κ3) is 2.65. The van der Waals surface area contributed by atoms with Gasteiger partial charge in [0.2, 0.25) is 0 Å². The standard InChI is InChI=1S/C16H19N5O/c1-11-14-15(17-9-10-22-3)18-12(2)19-16(14)21(20-11)13-7-5-4-6-8-13/h4-8H,9-10H2,1-3H3,(H,17,18,19). The summed E-state index contributed by atoms with van der Waals surface area (Å²) < 4.78 is 6.95. The minimum absolute atomic E-state index is 0.621. The summed E-state index contributed by atoms with van der Waals surface area (Å²) in [4.78, 5) is 9.09. The van der Waals surface area contributed by atoms with Gasteiger partial charge in [0.15, 0.2) is 5.65 Å². The second-order valence-corrected chi connectivity index (χ2v) is 5.07. The van der Waals surface area contributed by atoms with Crippen LogP contribution < -0.4 is 5.32 Å². The first-order valence-corrected chi connectivity index (χ1v) is 7.23. The number of para-hydroxylation sites is 1. The van der Waals surface area contributed by atoms with Crippen molar-refractivity contribution in [2.75, 3.05) is 25.6 Å². The van der Waals surface area contributed by atoms with Crippen LogP contribution >= 0.6 is 0 Å². The Kier molecular flexibility index (Phi) is 4.02. The molecule has 0 radical (unpaired) electrons. The molecule has 1 N–H and O–H groups in total. The van der Waals surface area contributed by atoms with E-state index in [1.807, 2.05) is 48.9 Å². The highest BCUT2D eigenvalue weighted by Gasteiger charge is 2.16. The zero-order valence-corrected chi connectivity index (χ0v) is 13.0. The number of hydrogen-bond donors (Lipinski definition) is 1. The second-order valence-electron chi connectivity index (χ2n) is 5.07. The van der Waals surface area contributed by atoms with Crippen LogP contribution in [0.15, 0.2) is 30.3 Å². The summed E-state index contributed by atoms with van der Waals surface area (Å²) in [6.45, 7) is 5.18. The van der Waals surface area contributed by atoms with Crippen LogP contribution in [0.3, 0.4) is 0 Å². The fraction of sp³-hybridized carbons (Fsp3) is 0.312. The quantitative estimate of drug-likeness (QED) is 0.733. The zero-order chi connectivity index (χ0) is 15.5. The molecule has 6 heteroatoms. The Morgan fingerprint density at radius 3 is 2.64 bits per heavy atom. The Labute approximate surface area is 129 Å². The van der Waals surface area contributed by atoms with Crippen molar-refractivity contribution in [3.8, 4) is 5.69 Å². The molecule has 0 atom stereocenters. The van der Waals surface area contributed by atoms with Crippen LogP contribution in [0.5, 0.6) is 0 Å². The first-order valence-electron chi connectivity index (χ1n) is 7.23. The summed E-state index contributed by atoms with van der Waals surface area (Å²) in [6.07, 6.45) is 0. The first-order chi connectivity index (χ1) is 10.7. The molecule has 0 aliphatic carbocycles. The normalized spacial score (nSPS) is 11.0. The molecule has 0 fully saturated rings. The van der Waals surface area contributed by atoms with E-state index in [1.165, 1.54) is 0 Å². The topological polar surface area (TPSA) is 64.9 Å². The van der Waals surface area contributed by atoms with Crippen molar-refractivity contribution in [2.45, 2.75) is 13.8 Å². The Bertz CT molecular complexity index is 782. The predicted octanol–water partition coefficient (Wildman–Crippen LogP) is 2.49. The molecular weight excluding hydrogens is 278 g/mol. The lowest BCUT2D eigenvalue weighted by molar-refractivity contribution is 0.210. The number of nitrogens with zero attached hydrogens (tertiary/aromatic N) is 4. The summed E-state index contributed by atoms with van der Waals surface area (Å²) in [5.41, 5.74) is 2.71. The molecule has 3 aromatic rings. The van der Waals surface area contributed by atoms with E-state index in [2.05, 4.69) is 20.4 Å².